The minimum atomic E-state index is 0.618. The third-order valence-corrected chi connectivity index (χ3v) is 5.22. The van der Waals surface area contributed by atoms with Crippen molar-refractivity contribution in [1.29, 1.82) is 0 Å². The van der Waals surface area contributed by atoms with Crippen molar-refractivity contribution in [2.75, 3.05) is 0 Å². The Morgan fingerprint density at radius 3 is 2.50 bits per heavy atom. The van der Waals surface area contributed by atoms with E-state index in [4.69, 9.17) is 0 Å². The van der Waals surface area contributed by atoms with Gasteiger partial charge in [0.25, 0.3) is 0 Å². The molecule has 0 amide bonds. The molecule has 1 rings (SSSR count). The Morgan fingerprint density at radius 2 is 2.07 bits per heavy atom. The second kappa shape index (κ2) is 5.26. The van der Waals surface area contributed by atoms with Crippen LogP contribution in [0.3, 0.4) is 0 Å². The molecule has 0 radical (unpaired) electrons. The van der Waals surface area contributed by atoms with Crippen molar-refractivity contribution in [2.45, 2.75) is 45.4 Å². The third kappa shape index (κ3) is 3.06. The molecule has 1 heterocycles. The third-order valence-electron chi connectivity index (χ3n) is 2.58. The minimum absolute atomic E-state index is 0.618. The first-order valence-corrected chi connectivity index (χ1v) is 6.84. The van der Waals surface area contributed by atoms with Crippen LogP contribution in [-0.4, -0.2) is 9.81 Å². The average Bonchev–Trinajstić information content (AvgIpc) is 2.44. The first kappa shape index (κ1) is 12.2. The van der Waals surface area contributed by atoms with E-state index in [2.05, 4.69) is 48.6 Å². The van der Waals surface area contributed by atoms with Gasteiger partial charge >= 0.3 is 0 Å². The van der Waals surface area contributed by atoms with Crippen LogP contribution in [0.1, 0.15) is 35.8 Å². The van der Waals surface area contributed by atoms with E-state index < -0.39 is 0 Å². The van der Waals surface area contributed by atoms with Gasteiger partial charge in [0.2, 0.25) is 0 Å². The van der Waals surface area contributed by atoms with E-state index in [-0.39, 0.29) is 0 Å². The monoisotopic (exact) mass is 275 g/mol. The predicted molar refractivity (Wildman–Crippen MR) is 67.5 cm³/mol. The van der Waals surface area contributed by atoms with E-state index in [1.54, 1.807) is 0 Å². The molecule has 0 spiro atoms. The molecule has 1 nitrogen and oxygen atoms in total. The van der Waals surface area contributed by atoms with Gasteiger partial charge < -0.3 is 0 Å². The normalized spacial score (nSPS) is 15.5. The number of hydrogen-bond donors (Lipinski definition) is 0. The number of halogens is 1. The largest absolute Gasteiger partial charge is 0.246 e. The van der Waals surface area contributed by atoms with Gasteiger partial charge in [-0.25, -0.2) is 4.98 Å². The summed E-state index contributed by atoms with van der Waals surface area (Å²) >= 11 is 5.54. The Labute approximate surface area is 99.1 Å². The van der Waals surface area contributed by atoms with Crippen LogP contribution >= 0.6 is 27.3 Å². The zero-order valence-corrected chi connectivity index (χ0v) is 11.7. The Bertz CT molecular complexity index is 276. The van der Waals surface area contributed by atoms with Gasteiger partial charge in [-0.3, -0.25) is 0 Å². The first-order valence-electron chi connectivity index (χ1n) is 5.11. The molecule has 0 saturated carbocycles. The molecule has 0 aliphatic carbocycles. The summed E-state index contributed by atoms with van der Waals surface area (Å²) in [4.78, 5) is 6.54. The van der Waals surface area contributed by atoms with Crippen molar-refractivity contribution >= 4 is 27.3 Å². The van der Waals surface area contributed by atoms with Gasteiger partial charge in [0.05, 0.1) is 10.7 Å². The minimum Gasteiger partial charge on any atom is -0.246 e. The zero-order chi connectivity index (χ0) is 10.7. The van der Waals surface area contributed by atoms with Crippen molar-refractivity contribution in [3.63, 3.8) is 0 Å². The van der Waals surface area contributed by atoms with Crippen LogP contribution in [0.25, 0.3) is 0 Å². The van der Waals surface area contributed by atoms with Gasteiger partial charge in [-0.1, -0.05) is 29.8 Å². The maximum absolute atomic E-state index is 4.56. The van der Waals surface area contributed by atoms with Gasteiger partial charge in [-0.2, -0.15) is 0 Å². The molecule has 2 atom stereocenters. The van der Waals surface area contributed by atoms with Gasteiger partial charge in [0, 0.05) is 16.1 Å². The molecule has 0 saturated heterocycles. The molecular formula is C11H18BrNS. The summed E-state index contributed by atoms with van der Waals surface area (Å²) in [6, 6.07) is 0. The summed E-state index contributed by atoms with van der Waals surface area (Å²) in [5.41, 5.74) is 1.19. The standard InChI is InChI=1S/C11H18BrNS/c1-5-10(12)7(2)6-11-13-8(3)9(4)14-11/h7,10H,5-6H2,1-4H3. The van der Waals surface area contributed by atoms with Gasteiger partial charge in [0.15, 0.2) is 0 Å². The van der Waals surface area contributed by atoms with Gasteiger partial charge in [-0.15, -0.1) is 11.3 Å². The topological polar surface area (TPSA) is 12.9 Å². The summed E-state index contributed by atoms with van der Waals surface area (Å²) < 4.78 is 0. The van der Waals surface area contributed by atoms with E-state index in [0.29, 0.717) is 10.7 Å². The second-order valence-corrected chi connectivity index (χ2v) is 6.32. The molecule has 1 aromatic heterocycles. The lowest BCUT2D eigenvalue weighted by Crippen LogP contribution is -2.12. The maximum atomic E-state index is 4.56. The van der Waals surface area contributed by atoms with Gasteiger partial charge in [0.1, 0.15) is 0 Å². The van der Waals surface area contributed by atoms with Crippen molar-refractivity contribution in [3.05, 3.63) is 15.6 Å². The quantitative estimate of drug-likeness (QED) is 0.754. The highest BCUT2D eigenvalue weighted by molar-refractivity contribution is 9.09. The lowest BCUT2D eigenvalue weighted by molar-refractivity contribution is 0.544. The maximum Gasteiger partial charge on any atom is 0.0933 e. The van der Waals surface area contributed by atoms with Crippen LogP contribution in [0.4, 0.5) is 0 Å². The molecule has 3 heteroatoms. The number of thiazole rings is 1. The number of hydrogen-bond acceptors (Lipinski definition) is 2. The fourth-order valence-electron chi connectivity index (χ4n) is 1.43. The van der Waals surface area contributed by atoms with E-state index in [9.17, 15) is 0 Å². The average molecular weight is 276 g/mol. The van der Waals surface area contributed by atoms with Gasteiger partial charge in [-0.05, 0) is 26.2 Å². The van der Waals surface area contributed by atoms with Crippen molar-refractivity contribution in [2.24, 2.45) is 5.92 Å². The SMILES string of the molecule is CCC(Br)C(C)Cc1nc(C)c(C)s1. The molecule has 0 bridgehead atoms. The smallest absolute Gasteiger partial charge is 0.0933 e. The Balaban J connectivity index is 2.60. The molecular weight excluding hydrogens is 258 g/mol. The van der Waals surface area contributed by atoms with E-state index in [1.165, 1.54) is 22.0 Å². The van der Waals surface area contributed by atoms with Crippen LogP contribution in [0, 0.1) is 19.8 Å². The number of nitrogens with zero attached hydrogens (tertiary/aromatic N) is 1. The molecule has 80 valence electrons. The van der Waals surface area contributed by atoms with E-state index >= 15 is 0 Å². The van der Waals surface area contributed by atoms with Crippen LogP contribution in [0.15, 0.2) is 0 Å². The summed E-state index contributed by atoms with van der Waals surface area (Å²) in [6.45, 7) is 8.74. The number of alkyl halides is 1. The fourth-order valence-corrected chi connectivity index (χ4v) is 2.69. The number of rotatable bonds is 4. The highest BCUT2D eigenvalue weighted by Crippen LogP contribution is 2.24. The summed E-state index contributed by atoms with van der Waals surface area (Å²) in [5.74, 6) is 0.671. The molecule has 1 aromatic rings. The number of aromatic nitrogens is 1. The molecule has 0 aliphatic rings. The molecule has 0 aromatic carbocycles. The predicted octanol–water partition coefficient (Wildman–Crippen LogP) is 4.11. The Hall–Kier alpha value is 0.110. The van der Waals surface area contributed by atoms with Crippen molar-refractivity contribution in [3.8, 4) is 0 Å². The molecule has 0 N–H and O–H groups in total. The molecule has 0 fully saturated rings. The lowest BCUT2D eigenvalue weighted by atomic mass is 10.0. The van der Waals surface area contributed by atoms with E-state index in [0.717, 1.165) is 6.42 Å². The summed E-state index contributed by atoms with van der Waals surface area (Å²) in [6.07, 6.45) is 2.29. The second-order valence-electron chi connectivity index (χ2n) is 3.85. The highest BCUT2D eigenvalue weighted by Gasteiger charge is 2.14. The molecule has 14 heavy (non-hydrogen) atoms. The van der Waals surface area contributed by atoms with E-state index in [1.807, 2.05) is 11.3 Å². The summed E-state index contributed by atoms with van der Waals surface area (Å²) in [7, 11) is 0. The number of aryl methyl sites for hydroxylation is 2. The molecule has 2 unspecified atom stereocenters. The Morgan fingerprint density at radius 1 is 1.43 bits per heavy atom. The van der Waals surface area contributed by atoms with Crippen LogP contribution in [-0.2, 0) is 6.42 Å². The first-order chi connectivity index (χ1) is 6.54. The summed E-state index contributed by atoms with van der Waals surface area (Å²) in [5, 5.41) is 1.28. The van der Waals surface area contributed by atoms with Crippen LogP contribution < -0.4 is 0 Å². The van der Waals surface area contributed by atoms with Crippen molar-refractivity contribution < 1.29 is 0 Å². The lowest BCUT2D eigenvalue weighted by Gasteiger charge is -2.14. The van der Waals surface area contributed by atoms with Crippen molar-refractivity contribution in [1.82, 2.24) is 4.98 Å². The Kier molecular flexibility index (Phi) is 4.58. The zero-order valence-electron chi connectivity index (χ0n) is 9.30. The highest BCUT2D eigenvalue weighted by atomic mass is 79.9. The fraction of sp³-hybridized carbons (Fsp3) is 0.727. The molecule has 0 aliphatic heterocycles. The van der Waals surface area contributed by atoms with Crippen LogP contribution in [0.2, 0.25) is 0 Å². The van der Waals surface area contributed by atoms with Crippen LogP contribution in [0.5, 0.6) is 0 Å².